The van der Waals surface area contributed by atoms with Gasteiger partial charge in [0.2, 0.25) is 0 Å². The Kier molecular flexibility index (Phi) is 3.47. The summed E-state index contributed by atoms with van der Waals surface area (Å²) < 4.78 is 10.4. The molecule has 2 rings (SSSR count). The molecule has 7 heteroatoms. The number of nitrogens with two attached hydrogens (primary N) is 1. The van der Waals surface area contributed by atoms with E-state index in [4.69, 9.17) is 10.2 Å². The van der Waals surface area contributed by atoms with Crippen LogP contribution in [0.25, 0.3) is 11.6 Å². The van der Waals surface area contributed by atoms with E-state index in [1.165, 1.54) is 0 Å². The molecule has 0 atom stereocenters. The van der Waals surface area contributed by atoms with E-state index in [0.29, 0.717) is 23.3 Å². The van der Waals surface area contributed by atoms with Gasteiger partial charge in [0, 0.05) is 0 Å². The van der Waals surface area contributed by atoms with Gasteiger partial charge in [0.1, 0.15) is 0 Å². The van der Waals surface area contributed by atoms with Crippen LogP contribution in [0.3, 0.4) is 0 Å². The first-order valence-corrected chi connectivity index (χ1v) is 8.86. The first-order valence-electron chi connectivity index (χ1n) is 5.42. The summed E-state index contributed by atoms with van der Waals surface area (Å²) in [4.78, 5) is 8.47. The van der Waals surface area contributed by atoms with Gasteiger partial charge in [0.05, 0.1) is 0 Å². The molecule has 93 valence electrons. The Balaban J connectivity index is 2.49. The van der Waals surface area contributed by atoms with Gasteiger partial charge in [0.15, 0.2) is 0 Å². The van der Waals surface area contributed by atoms with Gasteiger partial charge < -0.3 is 0 Å². The van der Waals surface area contributed by atoms with E-state index in [1.54, 1.807) is 6.20 Å². The van der Waals surface area contributed by atoms with Crippen molar-refractivity contribution < 1.29 is 4.42 Å². The fourth-order valence-electron chi connectivity index (χ4n) is 1.26. The van der Waals surface area contributed by atoms with Gasteiger partial charge in [-0.05, 0) is 0 Å². The van der Waals surface area contributed by atoms with E-state index in [1.807, 2.05) is 20.8 Å². The minimum absolute atomic E-state index is 0.200. The van der Waals surface area contributed by atoms with E-state index in [-0.39, 0.29) is 5.41 Å². The third-order valence-electron chi connectivity index (χ3n) is 2.25. The van der Waals surface area contributed by atoms with Crippen molar-refractivity contribution in [3.8, 4) is 11.6 Å². The molecular formula is C11H14N5OSn. The summed E-state index contributed by atoms with van der Waals surface area (Å²) in [6, 6.07) is 0. The third kappa shape index (κ3) is 2.58. The molecule has 1 radical (unpaired) electrons. The quantitative estimate of drug-likeness (QED) is 0.776. The molecule has 0 aromatic carbocycles. The van der Waals surface area contributed by atoms with E-state index >= 15 is 0 Å². The number of hydrogen-bond acceptors (Lipinski definition) is 6. The Hall–Kier alpha value is -1.31. The van der Waals surface area contributed by atoms with Gasteiger partial charge in [0.25, 0.3) is 0 Å². The monoisotopic (exact) mass is 352 g/mol. The normalized spacial score (nSPS) is 11.5. The average Bonchev–Trinajstić information content (AvgIpc) is 2.78. The van der Waals surface area contributed by atoms with Gasteiger partial charge >= 0.3 is 115 Å². The number of nitrogen functional groups attached to an aromatic ring is 1. The molecular weight excluding hydrogens is 337 g/mol. The number of aromatic nitrogens is 4. The zero-order valence-electron chi connectivity index (χ0n) is 10.6. The predicted octanol–water partition coefficient (Wildman–Crippen LogP) is 0.168. The predicted molar refractivity (Wildman–Crippen MR) is 70.9 cm³/mol. The van der Waals surface area contributed by atoms with Crippen LogP contribution in [0, 0.1) is 0 Å². The molecule has 0 saturated carbocycles. The minimum atomic E-state index is -0.902. The Labute approximate surface area is 115 Å². The molecule has 2 aromatic rings. The van der Waals surface area contributed by atoms with E-state index < -0.39 is 20.7 Å². The first kappa shape index (κ1) is 13.1. The maximum absolute atomic E-state index is 5.79. The van der Waals surface area contributed by atoms with Crippen molar-refractivity contribution >= 4 is 34.7 Å². The molecule has 0 spiro atoms. The molecule has 0 unspecified atom stereocenters. The Morgan fingerprint density at radius 1 is 1.33 bits per heavy atom. The summed E-state index contributed by atoms with van der Waals surface area (Å²) in [6.45, 7) is 6.00. The van der Waals surface area contributed by atoms with E-state index in [0.717, 1.165) is 3.71 Å². The molecule has 0 fully saturated rings. The summed E-state index contributed by atoms with van der Waals surface area (Å²) in [6.07, 6.45) is 1.67. The van der Waals surface area contributed by atoms with E-state index in [9.17, 15) is 0 Å². The second kappa shape index (κ2) is 4.75. The zero-order chi connectivity index (χ0) is 13.3. The van der Waals surface area contributed by atoms with E-state index in [2.05, 4.69) is 24.7 Å². The van der Waals surface area contributed by atoms with Gasteiger partial charge in [-0.3, -0.25) is 0 Å². The average molecular weight is 351 g/mol. The second-order valence-corrected chi connectivity index (χ2v) is 7.30. The van der Waals surface area contributed by atoms with Crippen LogP contribution in [-0.2, 0) is 5.41 Å². The van der Waals surface area contributed by atoms with Crippen LogP contribution in [0.1, 0.15) is 26.7 Å². The summed E-state index contributed by atoms with van der Waals surface area (Å²) in [7, 11) is 0. The van der Waals surface area contributed by atoms with Crippen molar-refractivity contribution in [2.45, 2.75) is 26.2 Å². The molecule has 0 amide bonds. The molecule has 0 aliphatic rings. The van der Waals surface area contributed by atoms with Crippen molar-refractivity contribution in [3.05, 3.63) is 12.1 Å². The van der Waals surface area contributed by atoms with Crippen LogP contribution < -0.4 is 9.44 Å². The number of hydrogen-bond donors (Lipinski definition) is 1. The third-order valence-corrected chi connectivity index (χ3v) is 3.97. The van der Waals surface area contributed by atoms with Crippen LogP contribution in [0.4, 0.5) is 5.82 Å². The van der Waals surface area contributed by atoms with Crippen molar-refractivity contribution in [2.24, 2.45) is 0 Å². The van der Waals surface area contributed by atoms with Crippen LogP contribution in [0.15, 0.2) is 10.6 Å². The van der Waals surface area contributed by atoms with Crippen LogP contribution in [0.5, 0.6) is 0 Å². The van der Waals surface area contributed by atoms with Crippen LogP contribution >= 0.6 is 0 Å². The molecule has 0 aliphatic carbocycles. The first-order chi connectivity index (χ1) is 8.41. The molecule has 0 aliphatic heterocycles. The van der Waals surface area contributed by atoms with Crippen LogP contribution in [0.2, 0.25) is 0 Å². The second-order valence-electron chi connectivity index (χ2n) is 4.83. The molecule has 2 heterocycles. The molecule has 0 saturated heterocycles. The number of anilines is 1. The molecule has 0 bridgehead atoms. The Morgan fingerprint density at radius 2 is 2.06 bits per heavy atom. The van der Waals surface area contributed by atoms with Crippen molar-refractivity contribution in [3.63, 3.8) is 0 Å². The van der Waals surface area contributed by atoms with Gasteiger partial charge in [-0.1, -0.05) is 0 Å². The molecule has 6 nitrogen and oxygen atoms in total. The van der Waals surface area contributed by atoms with Gasteiger partial charge in [-0.25, -0.2) is 0 Å². The maximum atomic E-state index is 5.79. The van der Waals surface area contributed by atoms with Crippen molar-refractivity contribution in [1.29, 1.82) is 0 Å². The molecule has 2 aromatic heterocycles. The molecule has 2 N–H and O–H groups in total. The SMILES string of the molecule is [CH2]=[Sn][c]1cnc(N)c(-c2nnc(C(C)(C)C)o2)n1. The zero-order valence-corrected chi connectivity index (χ0v) is 13.4. The molecule has 18 heavy (non-hydrogen) atoms. The topological polar surface area (TPSA) is 90.7 Å². The van der Waals surface area contributed by atoms with Crippen molar-refractivity contribution in [1.82, 2.24) is 20.2 Å². The van der Waals surface area contributed by atoms with Gasteiger partial charge in [-0.2, -0.15) is 0 Å². The summed E-state index contributed by atoms with van der Waals surface area (Å²) in [5.41, 5.74) is 6.05. The Morgan fingerprint density at radius 3 is 2.61 bits per heavy atom. The van der Waals surface area contributed by atoms with Crippen molar-refractivity contribution in [2.75, 3.05) is 5.73 Å². The summed E-state index contributed by atoms with van der Waals surface area (Å²) in [5.74, 6) is 1.18. The number of rotatable bonds is 2. The Bertz CT molecular complexity index is 587. The fourth-order valence-corrected chi connectivity index (χ4v) is 2.25. The van der Waals surface area contributed by atoms with Crippen LogP contribution in [-0.4, -0.2) is 45.4 Å². The standard InChI is InChI=1S/C10H12N5O.CH2.Sn/c1-10(2,3)9-15-14-8(16-9)6-7(11)13-5-4-12-6;;/h5H,1-3H3,(H2,11,13);1H2;. The number of nitrogens with zero attached hydrogens (tertiary/aromatic N) is 4. The fraction of sp³-hybridized carbons (Fsp3) is 0.364. The summed E-state index contributed by atoms with van der Waals surface area (Å²) in [5, 5.41) is 8.01. The van der Waals surface area contributed by atoms with Gasteiger partial charge in [-0.15, -0.1) is 0 Å². The summed E-state index contributed by atoms with van der Waals surface area (Å²) >= 11 is -0.902.